The molecule has 2 aliphatic heterocycles. The van der Waals surface area contributed by atoms with Crippen LogP contribution < -0.4 is 10.1 Å². The first-order valence-corrected chi connectivity index (χ1v) is 12.9. The number of carbonyl (C=O) groups is 4. The van der Waals surface area contributed by atoms with Crippen molar-refractivity contribution in [2.45, 2.75) is 17.7 Å². The number of rotatable bonds is 8. The minimum absolute atomic E-state index is 0.0421. The summed E-state index contributed by atoms with van der Waals surface area (Å²) in [6.07, 6.45) is 4.58. The number of allylic oxidation sites excluding steroid dienone is 2. The van der Waals surface area contributed by atoms with Gasteiger partial charge < -0.3 is 19.5 Å². The van der Waals surface area contributed by atoms with Gasteiger partial charge in [0.05, 0.1) is 42.7 Å². The van der Waals surface area contributed by atoms with Crippen molar-refractivity contribution in [3.8, 4) is 5.75 Å². The number of fused-ring (bicyclic) bond motifs is 1. The van der Waals surface area contributed by atoms with E-state index < -0.39 is 58.7 Å². The zero-order chi connectivity index (χ0) is 25.9. The summed E-state index contributed by atoms with van der Waals surface area (Å²) in [4.78, 5) is 50.5. The Balaban J connectivity index is 1.36. The minimum Gasteiger partial charge on any atom is -0.495 e. The van der Waals surface area contributed by atoms with Crippen LogP contribution in [0.1, 0.15) is 12.8 Å². The summed E-state index contributed by atoms with van der Waals surface area (Å²) in [5.41, 5.74) is 0.0781. The number of sulfonamides is 1. The monoisotopic (exact) mass is 521 g/mol. The standard InChI is InChI=1S/C23H27N3O9S/c1-33-19-7-6-15(36(31,32)25-8-10-34-11-9-25)12-18(19)24-20(27)14-35-21(28)13-26-22(29)16-4-2-3-5-17(16)23(26)30/h2-3,6-7,12,16-17H,4-5,8-11,13-14H2,1H3,(H,24,27). The number of esters is 1. The number of ether oxygens (including phenoxy) is 3. The first-order chi connectivity index (χ1) is 17.2. The average Bonchev–Trinajstić information content (AvgIpc) is 3.13. The quantitative estimate of drug-likeness (QED) is 0.287. The molecule has 2 atom stereocenters. The molecule has 2 heterocycles. The van der Waals surface area contributed by atoms with E-state index in [1.54, 1.807) is 0 Å². The van der Waals surface area contributed by atoms with Crippen molar-refractivity contribution < 1.29 is 41.8 Å². The van der Waals surface area contributed by atoms with Crippen molar-refractivity contribution in [2.24, 2.45) is 11.8 Å². The summed E-state index contributed by atoms with van der Waals surface area (Å²) >= 11 is 0. The normalized spacial score (nSPS) is 22.3. The highest BCUT2D eigenvalue weighted by molar-refractivity contribution is 7.89. The molecule has 2 fully saturated rings. The fourth-order valence-electron chi connectivity index (χ4n) is 4.41. The zero-order valence-corrected chi connectivity index (χ0v) is 20.5. The maximum atomic E-state index is 12.9. The topological polar surface area (TPSA) is 149 Å². The molecule has 0 spiro atoms. The molecule has 194 valence electrons. The fraction of sp³-hybridized carbons (Fsp3) is 0.478. The third-order valence-corrected chi connectivity index (χ3v) is 8.20. The fourth-order valence-corrected chi connectivity index (χ4v) is 5.85. The van der Waals surface area contributed by atoms with Crippen LogP contribution in [0, 0.1) is 11.8 Å². The van der Waals surface area contributed by atoms with E-state index >= 15 is 0 Å². The molecule has 0 bridgehead atoms. The van der Waals surface area contributed by atoms with E-state index in [4.69, 9.17) is 14.2 Å². The molecule has 2 saturated heterocycles. The molecule has 1 aromatic carbocycles. The van der Waals surface area contributed by atoms with E-state index in [0.717, 1.165) is 4.90 Å². The van der Waals surface area contributed by atoms with Crippen LogP contribution in [0.3, 0.4) is 0 Å². The van der Waals surface area contributed by atoms with Gasteiger partial charge in [-0.15, -0.1) is 0 Å². The second-order valence-electron chi connectivity index (χ2n) is 8.51. The smallest absolute Gasteiger partial charge is 0.326 e. The average molecular weight is 522 g/mol. The van der Waals surface area contributed by atoms with Crippen LogP contribution in [0.5, 0.6) is 5.75 Å². The Morgan fingerprint density at radius 2 is 1.72 bits per heavy atom. The van der Waals surface area contributed by atoms with Crippen LogP contribution in [-0.4, -0.2) is 87.9 Å². The first-order valence-electron chi connectivity index (χ1n) is 11.4. The molecule has 0 saturated carbocycles. The van der Waals surface area contributed by atoms with Gasteiger partial charge in [-0.3, -0.25) is 24.1 Å². The van der Waals surface area contributed by atoms with E-state index in [0.29, 0.717) is 12.8 Å². The molecule has 36 heavy (non-hydrogen) atoms. The molecule has 3 aliphatic rings. The van der Waals surface area contributed by atoms with Gasteiger partial charge in [0.1, 0.15) is 12.3 Å². The molecule has 1 aromatic rings. The summed E-state index contributed by atoms with van der Waals surface area (Å²) in [7, 11) is -2.46. The lowest BCUT2D eigenvalue weighted by Gasteiger charge is -2.26. The third kappa shape index (κ3) is 5.27. The highest BCUT2D eigenvalue weighted by Gasteiger charge is 2.47. The number of likely N-dealkylation sites (tertiary alicyclic amines) is 1. The lowest BCUT2D eigenvalue weighted by atomic mass is 9.85. The lowest BCUT2D eigenvalue weighted by molar-refractivity contribution is -0.154. The van der Waals surface area contributed by atoms with Gasteiger partial charge in [0.2, 0.25) is 21.8 Å². The Bertz CT molecular complexity index is 1170. The predicted molar refractivity (Wildman–Crippen MR) is 124 cm³/mol. The molecule has 3 amide bonds. The van der Waals surface area contributed by atoms with Gasteiger partial charge in [-0.2, -0.15) is 4.31 Å². The SMILES string of the molecule is COc1ccc(S(=O)(=O)N2CCOCC2)cc1NC(=O)COC(=O)CN1C(=O)C2CC=CCC2C1=O. The number of nitrogens with zero attached hydrogens (tertiary/aromatic N) is 2. The van der Waals surface area contributed by atoms with Gasteiger partial charge in [-0.1, -0.05) is 12.2 Å². The van der Waals surface area contributed by atoms with Crippen molar-refractivity contribution in [1.82, 2.24) is 9.21 Å². The number of hydrogen-bond donors (Lipinski definition) is 1. The summed E-state index contributed by atoms with van der Waals surface area (Å²) in [6.45, 7) is -0.270. The van der Waals surface area contributed by atoms with Crippen molar-refractivity contribution in [3.63, 3.8) is 0 Å². The summed E-state index contributed by atoms with van der Waals surface area (Å²) < 4.78 is 42.5. The Hall–Kier alpha value is -3.29. The van der Waals surface area contributed by atoms with Crippen molar-refractivity contribution in [3.05, 3.63) is 30.4 Å². The molecule has 12 nitrogen and oxygen atoms in total. The molecule has 13 heteroatoms. The van der Waals surface area contributed by atoms with Crippen LogP contribution in [0.25, 0.3) is 0 Å². The van der Waals surface area contributed by atoms with Crippen LogP contribution >= 0.6 is 0 Å². The van der Waals surface area contributed by atoms with E-state index in [1.165, 1.54) is 29.6 Å². The Morgan fingerprint density at radius 3 is 2.33 bits per heavy atom. The van der Waals surface area contributed by atoms with Gasteiger partial charge in [-0.25, -0.2) is 8.42 Å². The van der Waals surface area contributed by atoms with Gasteiger partial charge >= 0.3 is 5.97 Å². The van der Waals surface area contributed by atoms with Gasteiger partial charge in [0.15, 0.2) is 6.61 Å². The third-order valence-electron chi connectivity index (χ3n) is 6.30. The highest BCUT2D eigenvalue weighted by Crippen LogP contribution is 2.35. The van der Waals surface area contributed by atoms with Crippen LogP contribution in [0.15, 0.2) is 35.2 Å². The minimum atomic E-state index is -3.82. The number of imide groups is 1. The molecule has 4 rings (SSSR count). The number of morpholine rings is 1. The molecular formula is C23H27N3O9S. The van der Waals surface area contributed by atoms with E-state index in [1.807, 2.05) is 12.2 Å². The maximum absolute atomic E-state index is 12.9. The largest absolute Gasteiger partial charge is 0.495 e. The Labute approximate surface area is 208 Å². The van der Waals surface area contributed by atoms with Crippen molar-refractivity contribution in [2.75, 3.05) is 51.9 Å². The zero-order valence-electron chi connectivity index (χ0n) is 19.7. The highest BCUT2D eigenvalue weighted by atomic mass is 32.2. The Morgan fingerprint density at radius 1 is 1.08 bits per heavy atom. The number of benzene rings is 1. The first kappa shape index (κ1) is 25.8. The van der Waals surface area contributed by atoms with Crippen LogP contribution in [-0.2, 0) is 38.7 Å². The number of methoxy groups -OCH3 is 1. The predicted octanol–water partition coefficient (Wildman–Crippen LogP) is 0.149. The van der Waals surface area contributed by atoms with Crippen LogP contribution in [0.4, 0.5) is 5.69 Å². The lowest BCUT2D eigenvalue weighted by Crippen LogP contribution is -2.40. The van der Waals surface area contributed by atoms with E-state index in [2.05, 4.69) is 5.32 Å². The second kappa shape index (κ2) is 10.8. The molecule has 0 radical (unpaired) electrons. The molecular weight excluding hydrogens is 494 g/mol. The second-order valence-corrected chi connectivity index (χ2v) is 10.4. The molecule has 1 aliphatic carbocycles. The van der Waals surface area contributed by atoms with Gasteiger partial charge in [0, 0.05) is 13.1 Å². The number of anilines is 1. The summed E-state index contributed by atoms with van der Waals surface area (Å²) in [5.74, 6) is -3.22. The van der Waals surface area contributed by atoms with E-state index in [9.17, 15) is 27.6 Å². The molecule has 0 aromatic heterocycles. The van der Waals surface area contributed by atoms with Crippen molar-refractivity contribution in [1.29, 1.82) is 0 Å². The van der Waals surface area contributed by atoms with Crippen molar-refractivity contribution >= 4 is 39.4 Å². The maximum Gasteiger partial charge on any atom is 0.326 e. The number of nitrogens with one attached hydrogen (secondary N) is 1. The number of amides is 3. The van der Waals surface area contributed by atoms with Crippen LogP contribution in [0.2, 0.25) is 0 Å². The van der Waals surface area contributed by atoms with Gasteiger partial charge in [-0.05, 0) is 31.0 Å². The number of hydrogen-bond acceptors (Lipinski definition) is 9. The van der Waals surface area contributed by atoms with Gasteiger partial charge in [0.25, 0.3) is 5.91 Å². The summed E-state index contributed by atoms with van der Waals surface area (Å²) in [5, 5.41) is 2.48. The molecule has 2 unspecified atom stereocenters. The van der Waals surface area contributed by atoms with E-state index in [-0.39, 0.29) is 42.6 Å². The Kier molecular flexibility index (Phi) is 7.71. The number of carbonyl (C=O) groups excluding carboxylic acids is 4. The molecule has 1 N–H and O–H groups in total. The summed E-state index contributed by atoms with van der Waals surface area (Å²) in [6, 6.07) is 4.05.